The Morgan fingerprint density at radius 3 is 2.67 bits per heavy atom. The minimum atomic E-state index is -1.64. The maximum atomic E-state index is 11.9. The number of carbonyl (C=O) groups excluding carboxylic acids is 1. The maximum absolute atomic E-state index is 11.9. The lowest BCUT2D eigenvalue weighted by atomic mass is 9.92. The fourth-order valence-electron chi connectivity index (χ4n) is 2.04. The highest BCUT2D eigenvalue weighted by Crippen LogP contribution is 2.39. The number of hydrogen-bond donors (Lipinski definition) is 2. The normalized spacial score (nSPS) is 20.4. The molecule has 0 bridgehead atoms. The number of carbonyl (C=O) groups is 2. The Balaban J connectivity index is 2.33. The highest BCUT2D eigenvalue weighted by Gasteiger charge is 2.50. The predicted molar refractivity (Wildman–Crippen MR) is 78.3 cm³/mol. The Kier molecular flexibility index (Phi) is 3.88. The van der Waals surface area contributed by atoms with Crippen LogP contribution in [0.5, 0.6) is 5.75 Å². The fourth-order valence-corrected chi connectivity index (χ4v) is 2.38. The van der Waals surface area contributed by atoms with Gasteiger partial charge in [-0.05, 0) is 32.9 Å². The molecule has 1 aromatic carbocycles. The smallest absolute Gasteiger partial charge is 0.408 e. The van der Waals surface area contributed by atoms with Crippen molar-refractivity contribution in [1.82, 2.24) is 5.32 Å². The van der Waals surface area contributed by atoms with Crippen molar-refractivity contribution >= 4 is 28.0 Å². The lowest BCUT2D eigenvalue weighted by Gasteiger charge is -2.27. The summed E-state index contributed by atoms with van der Waals surface area (Å²) in [6.45, 7) is 4.93. The van der Waals surface area contributed by atoms with E-state index in [-0.39, 0.29) is 6.61 Å². The monoisotopic (exact) mass is 357 g/mol. The first-order chi connectivity index (χ1) is 9.64. The maximum Gasteiger partial charge on any atom is 0.408 e. The molecule has 1 heterocycles. The zero-order chi connectivity index (χ0) is 15.8. The molecule has 0 unspecified atom stereocenters. The number of benzene rings is 1. The number of carboxylic acids is 1. The van der Waals surface area contributed by atoms with Crippen LogP contribution in [-0.2, 0) is 15.1 Å². The van der Waals surface area contributed by atoms with Gasteiger partial charge in [0.25, 0.3) is 0 Å². The van der Waals surface area contributed by atoms with Gasteiger partial charge in [-0.15, -0.1) is 0 Å². The summed E-state index contributed by atoms with van der Waals surface area (Å²) in [6.07, 6.45) is -0.802. The molecule has 21 heavy (non-hydrogen) atoms. The molecule has 1 amide bonds. The zero-order valence-corrected chi connectivity index (χ0v) is 13.5. The van der Waals surface area contributed by atoms with E-state index in [0.717, 1.165) is 4.47 Å². The molecule has 2 rings (SSSR count). The van der Waals surface area contributed by atoms with Crippen LogP contribution in [0.4, 0.5) is 4.79 Å². The number of carboxylic acid groups (broad SMARTS) is 1. The van der Waals surface area contributed by atoms with Crippen LogP contribution in [0.1, 0.15) is 26.3 Å². The Hall–Kier alpha value is -1.76. The average Bonchev–Trinajstić information content (AvgIpc) is 2.66. The van der Waals surface area contributed by atoms with Crippen LogP contribution < -0.4 is 10.1 Å². The van der Waals surface area contributed by atoms with E-state index in [1.807, 2.05) is 0 Å². The van der Waals surface area contributed by atoms with Crippen LogP contribution in [0, 0.1) is 0 Å². The molecule has 0 spiro atoms. The van der Waals surface area contributed by atoms with Crippen LogP contribution >= 0.6 is 15.9 Å². The molecule has 1 aliphatic rings. The van der Waals surface area contributed by atoms with Crippen molar-refractivity contribution < 1.29 is 24.2 Å². The largest absolute Gasteiger partial charge is 0.490 e. The van der Waals surface area contributed by atoms with Crippen molar-refractivity contribution in [2.75, 3.05) is 6.61 Å². The van der Waals surface area contributed by atoms with Crippen molar-refractivity contribution in [3.63, 3.8) is 0 Å². The lowest BCUT2D eigenvalue weighted by molar-refractivity contribution is -0.145. The summed E-state index contributed by atoms with van der Waals surface area (Å²) in [7, 11) is 0. The van der Waals surface area contributed by atoms with Crippen molar-refractivity contribution in [3.05, 3.63) is 28.2 Å². The number of ether oxygens (including phenoxy) is 2. The van der Waals surface area contributed by atoms with Crippen molar-refractivity contribution in [2.24, 2.45) is 0 Å². The Labute approximate surface area is 130 Å². The molecule has 114 valence electrons. The van der Waals surface area contributed by atoms with Gasteiger partial charge in [0.1, 0.15) is 18.0 Å². The van der Waals surface area contributed by atoms with E-state index in [1.165, 1.54) is 0 Å². The molecule has 0 aliphatic carbocycles. The highest BCUT2D eigenvalue weighted by molar-refractivity contribution is 9.10. The summed E-state index contributed by atoms with van der Waals surface area (Å²) in [6, 6.07) is 4.97. The molecule has 1 aliphatic heterocycles. The Morgan fingerprint density at radius 1 is 1.43 bits per heavy atom. The molecule has 0 radical (unpaired) electrons. The van der Waals surface area contributed by atoms with E-state index in [4.69, 9.17) is 9.47 Å². The average molecular weight is 358 g/mol. The van der Waals surface area contributed by atoms with Gasteiger partial charge in [0.15, 0.2) is 0 Å². The number of nitrogens with one attached hydrogen (secondary N) is 1. The molecular formula is C14H16BrNO5. The first kappa shape index (κ1) is 15.6. The van der Waals surface area contributed by atoms with Gasteiger partial charge in [0, 0.05) is 10.0 Å². The van der Waals surface area contributed by atoms with Gasteiger partial charge in [0.2, 0.25) is 5.54 Å². The van der Waals surface area contributed by atoms with E-state index in [9.17, 15) is 14.7 Å². The molecule has 6 nitrogen and oxygen atoms in total. The van der Waals surface area contributed by atoms with Crippen molar-refractivity contribution in [3.8, 4) is 5.75 Å². The quantitative estimate of drug-likeness (QED) is 0.849. The molecular weight excluding hydrogens is 342 g/mol. The van der Waals surface area contributed by atoms with Gasteiger partial charge in [-0.1, -0.05) is 22.0 Å². The minimum absolute atomic E-state index is 0.187. The summed E-state index contributed by atoms with van der Waals surface area (Å²) in [5.41, 5.74) is -1.96. The molecule has 0 saturated heterocycles. The van der Waals surface area contributed by atoms with E-state index in [0.29, 0.717) is 11.3 Å². The number of alkyl carbamates (subject to hydrolysis) is 1. The number of rotatable bonds is 2. The first-order valence-electron chi connectivity index (χ1n) is 6.31. The first-order valence-corrected chi connectivity index (χ1v) is 7.11. The summed E-state index contributed by atoms with van der Waals surface area (Å²) in [4.78, 5) is 23.6. The van der Waals surface area contributed by atoms with Gasteiger partial charge >= 0.3 is 12.1 Å². The molecule has 0 saturated carbocycles. The van der Waals surface area contributed by atoms with Crippen LogP contribution in [0.25, 0.3) is 0 Å². The minimum Gasteiger partial charge on any atom is -0.490 e. The molecule has 2 N–H and O–H groups in total. The number of fused-ring (bicyclic) bond motifs is 1. The van der Waals surface area contributed by atoms with Crippen molar-refractivity contribution in [1.29, 1.82) is 0 Å². The van der Waals surface area contributed by atoms with Gasteiger partial charge in [-0.2, -0.15) is 0 Å². The van der Waals surface area contributed by atoms with Crippen LogP contribution in [-0.4, -0.2) is 29.4 Å². The van der Waals surface area contributed by atoms with Gasteiger partial charge < -0.3 is 14.6 Å². The summed E-state index contributed by atoms with van der Waals surface area (Å²) in [5, 5.41) is 12.0. The third-order valence-electron chi connectivity index (χ3n) is 2.93. The van der Waals surface area contributed by atoms with E-state index < -0.39 is 23.2 Å². The zero-order valence-electron chi connectivity index (χ0n) is 11.9. The van der Waals surface area contributed by atoms with Gasteiger partial charge in [0.05, 0.1) is 0 Å². The Morgan fingerprint density at radius 2 is 2.10 bits per heavy atom. The van der Waals surface area contributed by atoms with E-state index in [2.05, 4.69) is 21.2 Å². The topological polar surface area (TPSA) is 84.9 Å². The number of halogens is 1. The number of hydrogen-bond acceptors (Lipinski definition) is 4. The van der Waals surface area contributed by atoms with E-state index >= 15 is 0 Å². The second-order valence-electron chi connectivity index (χ2n) is 5.77. The van der Waals surface area contributed by atoms with Gasteiger partial charge in [-0.25, -0.2) is 9.59 Å². The second kappa shape index (κ2) is 5.22. The summed E-state index contributed by atoms with van der Waals surface area (Å²) in [5.74, 6) is -0.780. The number of aliphatic carboxylic acids is 1. The predicted octanol–water partition coefficient (Wildman–Crippen LogP) is 2.65. The highest BCUT2D eigenvalue weighted by atomic mass is 79.9. The third-order valence-corrected chi connectivity index (χ3v) is 3.42. The molecule has 0 fully saturated rings. The second-order valence-corrected chi connectivity index (χ2v) is 6.68. The van der Waals surface area contributed by atoms with Crippen LogP contribution in [0.2, 0.25) is 0 Å². The summed E-state index contributed by atoms with van der Waals surface area (Å²) < 4.78 is 11.3. The van der Waals surface area contributed by atoms with E-state index in [1.54, 1.807) is 39.0 Å². The molecule has 0 aromatic heterocycles. The van der Waals surface area contributed by atoms with Crippen LogP contribution in [0.15, 0.2) is 22.7 Å². The SMILES string of the molecule is CC(C)(C)OC(=O)N[C@@]1(C(=O)O)COc2cc(Br)ccc21. The fraction of sp³-hybridized carbons (Fsp3) is 0.429. The van der Waals surface area contributed by atoms with Gasteiger partial charge in [-0.3, -0.25) is 5.32 Å². The molecule has 7 heteroatoms. The molecule has 1 aromatic rings. The van der Waals surface area contributed by atoms with Crippen molar-refractivity contribution in [2.45, 2.75) is 31.9 Å². The molecule has 1 atom stereocenters. The van der Waals surface area contributed by atoms with Crippen LogP contribution in [0.3, 0.4) is 0 Å². The Bertz CT molecular complexity index is 596. The third kappa shape index (κ3) is 3.12. The lowest BCUT2D eigenvalue weighted by Crippen LogP contribution is -2.54. The standard InChI is InChI=1S/C14H16BrNO5/c1-13(2,3)21-12(19)16-14(11(17)18)7-20-10-6-8(15)4-5-9(10)14/h4-6H,7H2,1-3H3,(H,16,19)(H,17,18)/t14-/m0/s1. The summed E-state index contributed by atoms with van der Waals surface area (Å²) >= 11 is 3.29. The number of amides is 1.